The Morgan fingerprint density at radius 2 is 1.69 bits per heavy atom. The Morgan fingerprint density at radius 3 is 2.31 bits per heavy atom. The molecule has 0 radical (unpaired) electrons. The van der Waals surface area contributed by atoms with Gasteiger partial charge in [-0.1, -0.05) is 44.1 Å². The van der Waals surface area contributed by atoms with Crippen LogP contribution in [0.5, 0.6) is 11.5 Å². The maximum atomic E-state index is 12.2. The van der Waals surface area contributed by atoms with Crippen molar-refractivity contribution in [1.82, 2.24) is 5.16 Å². The van der Waals surface area contributed by atoms with Crippen LogP contribution in [-0.2, 0) is 16.6 Å². The Kier molecular flexibility index (Phi) is 5.07. The number of amides is 1. The molecule has 0 aliphatic rings. The first-order chi connectivity index (χ1) is 12.4. The molecule has 3 rings (SSSR count). The number of nitrogens with one attached hydrogen (secondary N) is 1. The molecule has 0 aliphatic heterocycles. The van der Waals surface area contributed by atoms with Crippen molar-refractivity contribution < 1.29 is 14.1 Å². The van der Waals surface area contributed by atoms with Crippen molar-refractivity contribution in [3.63, 3.8) is 0 Å². The minimum atomic E-state index is -0.143. The molecule has 0 atom stereocenters. The molecular weight excluding hydrogens is 328 g/mol. The van der Waals surface area contributed by atoms with E-state index in [1.807, 2.05) is 69.3 Å². The maximum Gasteiger partial charge on any atom is 0.230 e. The first kappa shape index (κ1) is 17.7. The smallest absolute Gasteiger partial charge is 0.230 e. The summed E-state index contributed by atoms with van der Waals surface area (Å²) in [6.07, 6.45) is 0.168. The molecule has 2 aromatic carbocycles. The van der Waals surface area contributed by atoms with Crippen LogP contribution in [0.25, 0.3) is 0 Å². The summed E-state index contributed by atoms with van der Waals surface area (Å²) in [6.45, 7) is 6.11. The van der Waals surface area contributed by atoms with Crippen LogP contribution in [0.2, 0.25) is 0 Å². The largest absolute Gasteiger partial charge is 0.457 e. The molecule has 5 heteroatoms. The Bertz CT molecular complexity index is 862. The summed E-state index contributed by atoms with van der Waals surface area (Å²) in [5.74, 6) is 2.10. The molecule has 1 amide bonds. The number of benzene rings is 2. The van der Waals surface area contributed by atoms with E-state index in [4.69, 9.17) is 9.26 Å². The molecule has 0 saturated heterocycles. The average Bonchev–Trinajstić information content (AvgIpc) is 3.06. The molecule has 1 N–H and O–H groups in total. The van der Waals surface area contributed by atoms with Gasteiger partial charge >= 0.3 is 0 Å². The summed E-state index contributed by atoms with van der Waals surface area (Å²) in [5, 5.41) is 6.82. The van der Waals surface area contributed by atoms with Gasteiger partial charge in [0.1, 0.15) is 17.3 Å². The predicted molar refractivity (Wildman–Crippen MR) is 100 cm³/mol. The minimum absolute atomic E-state index is 0.129. The number of anilines is 1. The number of para-hydroxylation sites is 1. The van der Waals surface area contributed by atoms with Crippen LogP contribution < -0.4 is 10.1 Å². The van der Waals surface area contributed by atoms with E-state index >= 15 is 0 Å². The third kappa shape index (κ3) is 4.72. The van der Waals surface area contributed by atoms with Crippen LogP contribution in [0.3, 0.4) is 0 Å². The number of hydrogen-bond acceptors (Lipinski definition) is 4. The van der Waals surface area contributed by atoms with Gasteiger partial charge in [-0.3, -0.25) is 4.79 Å². The zero-order chi connectivity index (χ0) is 18.6. The Balaban J connectivity index is 1.57. The zero-order valence-corrected chi connectivity index (χ0v) is 15.2. The number of aromatic nitrogens is 1. The number of nitrogens with zero attached hydrogens (tertiary/aromatic N) is 1. The highest BCUT2D eigenvalue weighted by molar-refractivity contribution is 5.92. The van der Waals surface area contributed by atoms with E-state index in [1.54, 1.807) is 12.1 Å². The van der Waals surface area contributed by atoms with Gasteiger partial charge in [-0.25, -0.2) is 0 Å². The molecule has 0 saturated carbocycles. The van der Waals surface area contributed by atoms with E-state index < -0.39 is 0 Å². The van der Waals surface area contributed by atoms with Crippen LogP contribution in [0.15, 0.2) is 65.2 Å². The average molecular weight is 350 g/mol. The number of carbonyl (C=O) groups is 1. The molecule has 26 heavy (non-hydrogen) atoms. The first-order valence-electron chi connectivity index (χ1n) is 8.49. The fraction of sp³-hybridized carbons (Fsp3) is 0.238. The Labute approximate surface area is 153 Å². The van der Waals surface area contributed by atoms with Crippen LogP contribution in [0.4, 0.5) is 5.69 Å². The number of hydrogen-bond donors (Lipinski definition) is 1. The summed E-state index contributed by atoms with van der Waals surface area (Å²) in [6, 6.07) is 18.6. The molecule has 0 bridgehead atoms. The number of ether oxygens (including phenoxy) is 1. The van der Waals surface area contributed by atoms with Crippen molar-refractivity contribution in [2.45, 2.75) is 32.6 Å². The summed E-state index contributed by atoms with van der Waals surface area (Å²) in [4.78, 5) is 12.2. The quantitative estimate of drug-likeness (QED) is 0.707. The summed E-state index contributed by atoms with van der Waals surface area (Å²) in [7, 11) is 0. The van der Waals surface area contributed by atoms with Crippen LogP contribution in [-0.4, -0.2) is 11.1 Å². The van der Waals surface area contributed by atoms with Crippen molar-refractivity contribution in [2.75, 3.05) is 5.32 Å². The van der Waals surface area contributed by atoms with E-state index in [0.717, 1.165) is 11.5 Å². The van der Waals surface area contributed by atoms with Crippen LogP contribution in [0, 0.1) is 0 Å². The SMILES string of the molecule is CC(C)(C)c1cc(CC(=O)Nc2ccc(Oc3ccccc3)cc2)no1. The Morgan fingerprint density at radius 1 is 1.04 bits per heavy atom. The van der Waals surface area contributed by atoms with E-state index in [9.17, 15) is 4.79 Å². The highest BCUT2D eigenvalue weighted by Crippen LogP contribution is 2.24. The maximum absolute atomic E-state index is 12.2. The molecule has 3 aromatic rings. The topological polar surface area (TPSA) is 64.4 Å². The molecular formula is C21H22N2O3. The zero-order valence-electron chi connectivity index (χ0n) is 15.2. The van der Waals surface area contributed by atoms with Gasteiger partial charge in [-0.15, -0.1) is 0 Å². The predicted octanol–water partition coefficient (Wildman–Crippen LogP) is 4.95. The molecule has 0 spiro atoms. The molecule has 1 heterocycles. The second kappa shape index (κ2) is 7.44. The second-order valence-electron chi connectivity index (χ2n) is 7.10. The molecule has 5 nitrogen and oxygen atoms in total. The molecule has 0 aliphatic carbocycles. The van der Waals surface area contributed by atoms with E-state index in [1.165, 1.54) is 0 Å². The van der Waals surface area contributed by atoms with Crippen LogP contribution >= 0.6 is 0 Å². The lowest BCUT2D eigenvalue weighted by Crippen LogP contribution is -2.14. The van der Waals surface area contributed by atoms with Gasteiger partial charge in [0, 0.05) is 17.2 Å². The van der Waals surface area contributed by atoms with Crippen molar-refractivity contribution in [3.8, 4) is 11.5 Å². The molecule has 0 fully saturated rings. The summed E-state index contributed by atoms with van der Waals surface area (Å²) >= 11 is 0. The van der Waals surface area contributed by atoms with Crippen LogP contribution in [0.1, 0.15) is 32.2 Å². The molecule has 1 aromatic heterocycles. The summed E-state index contributed by atoms with van der Waals surface area (Å²) < 4.78 is 11.0. The highest BCUT2D eigenvalue weighted by atomic mass is 16.5. The molecule has 0 unspecified atom stereocenters. The third-order valence-electron chi connectivity index (χ3n) is 3.76. The van der Waals surface area contributed by atoms with Gasteiger partial charge in [0.2, 0.25) is 5.91 Å². The number of rotatable bonds is 5. The second-order valence-corrected chi connectivity index (χ2v) is 7.10. The van der Waals surface area contributed by atoms with Crippen molar-refractivity contribution >= 4 is 11.6 Å². The van der Waals surface area contributed by atoms with Gasteiger partial charge < -0.3 is 14.6 Å². The lowest BCUT2D eigenvalue weighted by atomic mass is 9.93. The Hall–Kier alpha value is -3.08. The van der Waals surface area contributed by atoms with E-state index in [-0.39, 0.29) is 17.7 Å². The number of carbonyl (C=O) groups excluding carboxylic acids is 1. The van der Waals surface area contributed by atoms with Gasteiger partial charge in [-0.05, 0) is 36.4 Å². The van der Waals surface area contributed by atoms with Gasteiger partial charge in [0.05, 0.1) is 12.1 Å². The normalized spacial score (nSPS) is 11.2. The minimum Gasteiger partial charge on any atom is -0.457 e. The van der Waals surface area contributed by atoms with Gasteiger partial charge in [-0.2, -0.15) is 0 Å². The van der Waals surface area contributed by atoms with Crippen molar-refractivity contribution in [2.24, 2.45) is 0 Å². The van der Waals surface area contributed by atoms with E-state index in [0.29, 0.717) is 17.1 Å². The lowest BCUT2D eigenvalue weighted by molar-refractivity contribution is -0.115. The third-order valence-corrected chi connectivity index (χ3v) is 3.76. The van der Waals surface area contributed by atoms with Crippen molar-refractivity contribution in [3.05, 3.63) is 72.1 Å². The molecule has 134 valence electrons. The standard InChI is InChI=1S/C21H22N2O3/c1-21(2,3)19-13-16(23-26-19)14-20(24)22-15-9-11-18(12-10-15)25-17-7-5-4-6-8-17/h4-13H,14H2,1-3H3,(H,22,24). The van der Waals surface area contributed by atoms with Gasteiger partial charge in [0.15, 0.2) is 0 Å². The highest BCUT2D eigenvalue weighted by Gasteiger charge is 2.20. The van der Waals surface area contributed by atoms with Gasteiger partial charge in [0.25, 0.3) is 0 Å². The van der Waals surface area contributed by atoms with E-state index in [2.05, 4.69) is 10.5 Å². The van der Waals surface area contributed by atoms with Crippen molar-refractivity contribution in [1.29, 1.82) is 0 Å². The summed E-state index contributed by atoms with van der Waals surface area (Å²) in [5.41, 5.74) is 1.20. The monoisotopic (exact) mass is 350 g/mol. The first-order valence-corrected chi connectivity index (χ1v) is 8.49. The fourth-order valence-corrected chi connectivity index (χ4v) is 2.35. The fourth-order valence-electron chi connectivity index (χ4n) is 2.35. The lowest BCUT2D eigenvalue weighted by Gasteiger charge is -2.12.